The normalized spacial score (nSPS) is 15.8. The van der Waals surface area contributed by atoms with Crippen molar-refractivity contribution in [2.45, 2.75) is 32.3 Å². The van der Waals surface area contributed by atoms with Crippen LogP contribution in [0.4, 0.5) is 4.79 Å². The lowest BCUT2D eigenvalue weighted by molar-refractivity contribution is 0.00820. The number of rotatable bonds is 2. The third-order valence-electron chi connectivity index (χ3n) is 3.24. The monoisotopic (exact) mass is 277 g/mol. The first-order valence-electron chi connectivity index (χ1n) is 6.70. The number of hydrogen-bond donors (Lipinski definition) is 2. The molecule has 20 heavy (non-hydrogen) atoms. The van der Waals surface area contributed by atoms with Crippen molar-refractivity contribution in [1.82, 2.24) is 4.90 Å². The zero-order valence-electron chi connectivity index (χ0n) is 12.0. The van der Waals surface area contributed by atoms with Crippen LogP contribution in [-0.4, -0.2) is 46.9 Å². The average molecular weight is 277 g/mol. The van der Waals surface area contributed by atoms with Crippen molar-refractivity contribution in [2.24, 2.45) is 0 Å². The number of hydrogen-bond acceptors (Lipinski definition) is 4. The van der Waals surface area contributed by atoms with E-state index in [9.17, 15) is 4.79 Å². The van der Waals surface area contributed by atoms with Crippen molar-refractivity contribution < 1.29 is 19.6 Å². The molecule has 0 atom stereocenters. The fraction of sp³-hybridized carbons (Fsp3) is 0.500. The van der Waals surface area contributed by atoms with Crippen LogP contribution in [0.5, 0.6) is 0 Å². The fourth-order valence-electron chi connectivity index (χ4n) is 2.11. The third kappa shape index (κ3) is 3.52. The Hall–Kier alpha value is -1.53. The molecule has 1 aliphatic heterocycles. The van der Waals surface area contributed by atoms with Crippen LogP contribution in [0.3, 0.4) is 0 Å². The quantitative estimate of drug-likeness (QED) is 0.781. The van der Waals surface area contributed by atoms with Crippen molar-refractivity contribution in [1.29, 1.82) is 0 Å². The van der Waals surface area contributed by atoms with E-state index in [1.165, 1.54) is 0 Å². The van der Waals surface area contributed by atoms with Gasteiger partial charge >= 0.3 is 13.2 Å². The van der Waals surface area contributed by atoms with Crippen LogP contribution in [-0.2, 0) is 4.74 Å². The van der Waals surface area contributed by atoms with Gasteiger partial charge in [0.05, 0.1) is 0 Å². The molecule has 2 N–H and O–H groups in total. The molecule has 2 rings (SSSR count). The SMILES string of the molecule is CC(C)(C)OC(=O)N1CC(c2ccc(B(O)O)cc2)C1. The highest BCUT2D eigenvalue weighted by atomic mass is 16.6. The van der Waals surface area contributed by atoms with Crippen molar-refractivity contribution in [2.75, 3.05) is 13.1 Å². The summed E-state index contributed by atoms with van der Waals surface area (Å²) in [5.41, 5.74) is 1.09. The molecule has 0 spiro atoms. The van der Waals surface area contributed by atoms with E-state index in [2.05, 4.69) is 0 Å². The number of ether oxygens (including phenoxy) is 1. The second kappa shape index (κ2) is 5.46. The van der Waals surface area contributed by atoms with Crippen LogP contribution in [0.2, 0.25) is 0 Å². The van der Waals surface area contributed by atoms with Gasteiger partial charge in [-0.15, -0.1) is 0 Å². The summed E-state index contributed by atoms with van der Waals surface area (Å²) in [5, 5.41) is 18.1. The zero-order chi connectivity index (χ0) is 14.9. The molecule has 0 unspecified atom stereocenters. The van der Waals surface area contributed by atoms with Gasteiger partial charge in [0.2, 0.25) is 0 Å². The first-order chi connectivity index (χ1) is 9.26. The van der Waals surface area contributed by atoms with E-state index < -0.39 is 12.7 Å². The summed E-state index contributed by atoms with van der Waals surface area (Å²) in [5.74, 6) is 0.285. The predicted octanol–water partition coefficient (Wildman–Crippen LogP) is 0.701. The minimum atomic E-state index is -1.44. The second-order valence-corrected chi connectivity index (χ2v) is 6.12. The predicted molar refractivity (Wildman–Crippen MR) is 76.8 cm³/mol. The van der Waals surface area contributed by atoms with Crippen LogP contribution in [0.1, 0.15) is 32.3 Å². The second-order valence-electron chi connectivity index (χ2n) is 6.12. The first kappa shape index (κ1) is 14.9. The Morgan fingerprint density at radius 3 is 2.25 bits per heavy atom. The molecule has 1 aromatic rings. The van der Waals surface area contributed by atoms with E-state index >= 15 is 0 Å². The molecule has 0 bridgehead atoms. The van der Waals surface area contributed by atoms with Gasteiger partial charge < -0.3 is 19.7 Å². The Labute approximate surface area is 119 Å². The Bertz CT molecular complexity index is 475. The summed E-state index contributed by atoms with van der Waals surface area (Å²) in [7, 11) is -1.44. The van der Waals surface area contributed by atoms with E-state index in [0.29, 0.717) is 18.6 Å². The summed E-state index contributed by atoms with van der Waals surface area (Å²) < 4.78 is 5.30. The lowest BCUT2D eigenvalue weighted by Gasteiger charge is -2.40. The highest BCUT2D eigenvalue weighted by Gasteiger charge is 2.34. The maximum atomic E-state index is 11.8. The lowest BCUT2D eigenvalue weighted by atomic mass is 9.79. The van der Waals surface area contributed by atoms with Gasteiger partial charge in [-0.25, -0.2) is 4.79 Å². The van der Waals surface area contributed by atoms with Crippen LogP contribution < -0.4 is 5.46 Å². The van der Waals surface area contributed by atoms with Crippen LogP contribution in [0.25, 0.3) is 0 Å². The van der Waals surface area contributed by atoms with Gasteiger partial charge in [0, 0.05) is 19.0 Å². The van der Waals surface area contributed by atoms with Gasteiger partial charge in [-0.1, -0.05) is 24.3 Å². The molecule has 5 nitrogen and oxygen atoms in total. The van der Waals surface area contributed by atoms with E-state index in [1.807, 2.05) is 32.9 Å². The highest BCUT2D eigenvalue weighted by molar-refractivity contribution is 6.58. The van der Waals surface area contributed by atoms with Gasteiger partial charge in [0.25, 0.3) is 0 Å². The van der Waals surface area contributed by atoms with Crippen molar-refractivity contribution >= 4 is 18.7 Å². The number of carbonyl (C=O) groups excluding carboxylic acids is 1. The Morgan fingerprint density at radius 1 is 1.25 bits per heavy atom. The molecule has 0 aliphatic carbocycles. The Balaban J connectivity index is 1.88. The molecule has 1 amide bonds. The largest absolute Gasteiger partial charge is 0.488 e. The smallest absolute Gasteiger partial charge is 0.444 e. The molecule has 1 heterocycles. The molecule has 1 aromatic carbocycles. The van der Waals surface area contributed by atoms with Gasteiger partial charge in [-0.3, -0.25) is 0 Å². The van der Waals surface area contributed by atoms with Gasteiger partial charge in [0.1, 0.15) is 5.60 Å². The first-order valence-corrected chi connectivity index (χ1v) is 6.70. The molecular formula is C14H20BNO4. The van der Waals surface area contributed by atoms with E-state index in [0.717, 1.165) is 5.56 Å². The fourth-order valence-corrected chi connectivity index (χ4v) is 2.11. The summed E-state index contributed by atoms with van der Waals surface area (Å²) >= 11 is 0. The highest BCUT2D eigenvalue weighted by Crippen LogP contribution is 2.27. The molecule has 1 aliphatic rings. The van der Waals surface area contributed by atoms with Gasteiger partial charge in [0.15, 0.2) is 0 Å². The average Bonchev–Trinajstić information content (AvgIpc) is 2.25. The minimum Gasteiger partial charge on any atom is -0.444 e. The molecule has 0 radical (unpaired) electrons. The van der Waals surface area contributed by atoms with Crippen molar-refractivity contribution in [3.63, 3.8) is 0 Å². The molecule has 0 saturated carbocycles. The van der Waals surface area contributed by atoms with Crippen LogP contribution in [0.15, 0.2) is 24.3 Å². The molecule has 0 aromatic heterocycles. The standard InChI is InChI=1S/C14H20BNO4/c1-14(2,3)20-13(17)16-8-11(9-16)10-4-6-12(7-5-10)15(18)19/h4-7,11,18-19H,8-9H2,1-3H3. The van der Waals surface area contributed by atoms with Crippen molar-refractivity contribution in [3.05, 3.63) is 29.8 Å². The zero-order valence-corrected chi connectivity index (χ0v) is 12.0. The summed E-state index contributed by atoms with van der Waals surface area (Å²) in [4.78, 5) is 13.5. The number of nitrogens with zero attached hydrogens (tertiary/aromatic N) is 1. The molecular weight excluding hydrogens is 257 g/mol. The minimum absolute atomic E-state index is 0.281. The number of carbonyl (C=O) groups is 1. The van der Waals surface area contributed by atoms with Gasteiger partial charge in [-0.2, -0.15) is 0 Å². The molecule has 108 valence electrons. The number of benzene rings is 1. The van der Waals surface area contributed by atoms with E-state index in [4.69, 9.17) is 14.8 Å². The Morgan fingerprint density at radius 2 is 1.80 bits per heavy atom. The molecule has 1 fully saturated rings. The van der Waals surface area contributed by atoms with Gasteiger partial charge in [-0.05, 0) is 31.8 Å². The number of likely N-dealkylation sites (tertiary alicyclic amines) is 1. The number of amides is 1. The molecule has 6 heteroatoms. The third-order valence-corrected chi connectivity index (χ3v) is 3.24. The molecule has 1 saturated heterocycles. The van der Waals surface area contributed by atoms with E-state index in [1.54, 1.807) is 17.0 Å². The maximum Gasteiger partial charge on any atom is 0.488 e. The summed E-state index contributed by atoms with van der Waals surface area (Å²) in [6, 6.07) is 7.12. The summed E-state index contributed by atoms with van der Waals surface area (Å²) in [6.07, 6.45) is -0.281. The van der Waals surface area contributed by atoms with E-state index in [-0.39, 0.29) is 12.0 Å². The van der Waals surface area contributed by atoms with Crippen molar-refractivity contribution in [3.8, 4) is 0 Å². The maximum absolute atomic E-state index is 11.8. The van der Waals surface area contributed by atoms with Crippen LogP contribution >= 0.6 is 0 Å². The Kier molecular flexibility index (Phi) is 4.06. The lowest BCUT2D eigenvalue weighted by Crippen LogP contribution is -2.50. The van der Waals surface area contributed by atoms with Crippen LogP contribution in [0, 0.1) is 0 Å². The topological polar surface area (TPSA) is 70.0 Å². The summed E-state index contributed by atoms with van der Waals surface area (Å²) in [6.45, 7) is 6.81.